The molecule has 1 fully saturated rings. The van der Waals surface area contributed by atoms with Crippen molar-refractivity contribution in [1.82, 2.24) is 0 Å². The van der Waals surface area contributed by atoms with Crippen molar-refractivity contribution in [3.63, 3.8) is 0 Å². The van der Waals surface area contributed by atoms with Crippen LogP contribution in [0, 0.1) is 11.6 Å². The molecule has 0 bridgehead atoms. The van der Waals surface area contributed by atoms with Crippen LogP contribution >= 0.6 is 11.6 Å². The van der Waals surface area contributed by atoms with E-state index in [1.807, 2.05) is 0 Å². The van der Waals surface area contributed by atoms with Crippen molar-refractivity contribution in [2.45, 2.75) is 31.0 Å². The zero-order chi connectivity index (χ0) is 21.5. The smallest absolute Gasteiger partial charge is 0.224 e. The van der Waals surface area contributed by atoms with Crippen LogP contribution in [0.3, 0.4) is 0 Å². The van der Waals surface area contributed by atoms with Gasteiger partial charge in [0.2, 0.25) is 5.91 Å². The maximum absolute atomic E-state index is 14.2. The number of hydrogen-bond donors (Lipinski definition) is 3. The van der Waals surface area contributed by atoms with Crippen molar-refractivity contribution in [1.29, 1.82) is 0 Å². The zero-order valence-electron chi connectivity index (χ0n) is 16.0. The van der Waals surface area contributed by atoms with E-state index in [1.54, 1.807) is 18.2 Å². The second-order valence-electron chi connectivity index (χ2n) is 7.65. The van der Waals surface area contributed by atoms with Crippen LogP contribution in [0.15, 0.2) is 30.3 Å². The van der Waals surface area contributed by atoms with Crippen LogP contribution in [-0.2, 0) is 11.2 Å². The van der Waals surface area contributed by atoms with Gasteiger partial charge in [0.05, 0.1) is 0 Å². The molecule has 1 amide bonds. The number of halogens is 3. The summed E-state index contributed by atoms with van der Waals surface area (Å²) >= 11 is 5.67. The number of carbonyl (C=O) groups is 1. The van der Waals surface area contributed by atoms with Crippen molar-refractivity contribution >= 4 is 28.9 Å². The van der Waals surface area contributed by atoms with Gasteiger partial charge < -0.3 is 25.2 Å². The Kier molecular flexibility index (Phi) is 5.57. The minimum Gasteiger partial charge on any atom is -0.490 e. The molecule has 30 heavy (non-hydrogen) atoms. The van der Waals surface area contributed by atoms with Crippen LogP contribution in [-0.4, -0.2) is 47.5 Å². The van der Waals surface area contributed by atoms with E-state index >= 15 is 0 Å². The molecule has 2 heterocycles. The number of rotatable bonds is 4. The number of ether oxygens (including phenoxy) is 1. The molecule has 9 heteroatoms. The van der Waals surface area contributed by atoms with Gasteiger partial charge >= 0.3 is 0 Å². The van der Waals surface area contributed by atoms with Crippen LogP contribution in [0.5, 0.6) is 5.75 Å². The van der Waals surface area contributed by atoms with Gasteiger partial charge in [0.25, 0.3) is 0 Å². The molecule has 0 spiro atoms. The minimum absolute atomic E-state index is 0.0431. The molecular weight excluding hydrogens is 418 g/mol. The van der Waals surface area contributed by atoms with E-state index in [2.05, 4.69) is 5.32 Å². The Morgan fingerprint density at radius 1 is 1.27 bits per heavy atom. The predicted octanol–water partition coefficient (Wildman–Crippen LogP) is 2.88. The lowest BCUT2D eigenvalue weighted by Gasteiger charge is -2.42. The number of nitrogens with zero attached hydrogens (tertiary/aromatic N) is 1. The van der Waals surface area contributed by atoms with Gasteiger partial charge in [0, 0.05) is 35.8 Å². The molecule has 0 aromatic heterocycles. The van der Waals surface area contributed by atoms with Crippen LogP contribution in [0.1, 0.15) is 18.4 Å². The third-order valence-corrected chi connectivity index (χ3v) is 5.83. The monoisotopic (exact) mass is 438 g/mol. The number of benzene rings is 2. The first-order valence-electron chi connectivity index (χ1n) is 9.61. The molecule has 2 atom stereocenters. The van der Waals surface area contributed by atoms with Crippen LogP contribution in [0.4, 0.5) is 20.2 Å². The molecule has 0 saturated carbocycles. The zero-order valence-corrected chi connectivity index (χ0v) is 16.8. The van der Waals surface area contributed by atoms with E-state index in [4.69, 9.17) is 16.3 Å². The first-order valence-corrected chi connectivity index (χ1v) is 9.99. The molecule has 160 valence electrons. The Balaban J connectivity index is 1.46. The van der Waals surface area contributed by atoms with Gasteiger partial charge in [-0.2, -0.15) is 0 Å². The summed E-state index contributed by atoms with van der Waals surface area (Å²) < 4.78 is 34.2. The standard InChI is InChI=1S/C21H21ClF2N2O4/c22-12-8-14(23)20(15(24)9-12)26-7-6-21(29,18(27)10-26)11-30-17-3-1-2-16-13(17)4-5-19(28)25-16/h1-3,8-9,18,27,29H,4-7,10-11H2,(H,25,28)/t18-,21-/m1/s1. The van der Waals surface area contributed by atoms with Crippen molar-refractivity contribution in [2.75, 3.05) is 29.9 Å². The van der Waals surface area contributed by atoms with E-state index in [1.165, 1.54) is 4.90 Å². The molecule has 2 aromatic rings. The van der Waals surface area contributed by atoms with Gasteiger partial charge in [0.1, 0.15) is 29.7 Å². The average molecular weight is 439 g/mol. The highest BCUT2D eigenvalue weighted by Crippen LogP contribution is 2.35. The number of carbonyl (C=O) groups excluding carboxylic acids is 1. The minimum atomic E-state index is -1.59. The van der Waals surface area contributed by atoms with Gasteiger partial charge in [-0.25, -0.2) is 8.78 Å². The number of piperidine rings is 1. The lowest BCUT2D eigenvalue weighted by Crippen LogP contribution is -2.58. The van der Waals surface area contributed by atoms with Gasteiger partial charge in [-0.3, -0.25) is 4.79 Å². The Hall–Kier alpha value is -2.42. The summed E-state index contributed by atoms with van der Waals surface area (Å²) in [4.78, 5) is 12.9. The molecule has 1 saturated heterocycles. The lowest BCUT2D eigenvalue weighted by atomic mass is 9.89. The van der Waals surface area contributed by atoms with Crippen molar-refractivity contribution < 1.29 is 28.5 Å². The molecule has 0 radical (unpaired) electrons. The van der Waals surface area contributed by atoms with Gasteiger partial charge in [-0.1, -0.05) is 17.7 Å². The van der Waals surface area contributed by atoms with Gasteiger partial charge in [-0.15, -0.1) is 0 Å². The average Bonchev–Trinajstić information content (AvgIpc) is 2.68. The number of anilines is 2. The highest BCUT2D eigenvalue weighted by atomic mass is 35.5. The number of fused-ring (bicyclic) bond motifs is 1. The van der Waals surface area contributed by atoms with E-state index in [0.717, 1.165) is 17.7 Å². The second-order valence-corrected chi connectivity index (χ2v) is 8.09. The molecule has 6 nitrogen and oxygen atoms in total. The van der Waals surface area contributed by atoms with Gasteiger partial charge in [0.15, 0.2) is 11.6 Å². The maximum Gasteiger partial charge on any atom is 0.224 e. The summed E-state index contributed by atoms with van der Waals surface area (Å²) in [5.74, 6) is -1.20. The fourth-order valence-electron chi connectivity index (χ4n) is 3.90. The molecule has 2 aliphatic heterocycles. The molecule has 2 aliphatic rings. The quantitative estimate of drug-likeness (QED) is 0.684. The number of hydrogen-bond acceptors (Lipinski definition) is 5. The Morgan fingerprint density at radius 3 is 2.70 bits per heavy atom. The predicted molar refractivity (Wildman–Crippen MR) is 108 cm³/mol. The van der Waals surface area contributed by atoms with E-state index < -0.39 is 23.3 Å². The fourth-order valence-corrected chi connectivity index (χ4v) is 4.09. The largest absolute Gasteiger partial charge is 0.490 e. The number of nitrogens with one attached hydrogen (secondary N) is 1. The van der Waals surface area contributed by atoms with Crippen LogP contribution in [0.25, 0.3) is 0 Å². The van der Waals surface area contributed by atoms with Crippen molar-refractivity contribution in [2.24, 2.45) is 0 Å². The molecule has 0 aliphatic carbocycles. The number of amides is 1. The second kappa shape index (κ2) is 8.02. The highest BCUT2D eigenvalue weighted by molar-refractivity contribution is 6.30. The summed E-state index contributed by atoms with van der Waals surface area (Å²) in [6.45, 7) is -0.244. The normalized spacial score (nSPS) is 23.7. The van der Waals surface area contributed by atoms with Crippen molar-refractivity contribution in [3.8, 4) is 5.75 Å². The first kappa shape index (κ1) is 20.8. The summed E-state index contributed by atoms with van der Waals surface area (Å²) in [6, 6.07) is 7.26. The number of aliphatic hydroxyl groups excluding tert-OH is 1. The SMILES string of the molecule is O=C1CCc2c(cccc2OC[C@]2(O)CCN(c3c(F)cc(Cl)cc3F)C[C@H]2O)N1. The third kappa shape index (κ3) is 3.95. The third-order valence-electron chi connectivity index (χ3n) is 5.61. The molecule has 3 N–H and O–H groups in total. The number of β-amino-alcohol motifs (C(OH)–C–C–N with tert-alkyl or cyclic N) is 1. The highest BCUT2D eigenvalue weighted by Gasteiger charge is 2.42. The maximum atomic E-state index is 14.2. The van der Waals surface area contributed by atoms with E-state index in [-0.39, 0.29) is 42.7 Å². The summed E-state index contributed by atoms with van der Waals surface area (Å²) in [6.07, 6.45) is -0.393. The molecular formula is C21H21ClF2N2O4. The Morgan fingerprint density at radius 2 is 2.00 bits per heavy atom. The fraction of sp³-hybridized carbons (Fsp3) is 0.381. The Labute approximate surface area is 177 Å². The summed E-state index contributed by atoms with van der Waals surface area (Å²) in [7, 11) is 0. The van der Waals surface area contributed by atoms with Crippen molar-refractivity contribution in [3.05, 3.63) is 52.6 Å². The topological polar surface area (TPSA) is 82.0 Å². The number of aliphatic hydroxyl groups is 2. The van der Waals surface area contributed by atoms with Crippen LogP contribution < -0.4 is 15.0 Å². The molecule has 4 rings (SSSR count). The summed E-state index contributed by atoms with van der Waals surface area (Å²) in [5.41, 5.74) is -0.372. The Bertz CT molecular complexity index is 966. The summed E-state index contributed by atoms with van der Waals surface area (Å²) in [5, 5.41) is 24.2. The molecule has 2 aromatic carbocycles. The first-order chi connectivity index (χ1) is 14.3. The van der Waals surface area contributed by atoms with Gasteiger partial charge in [-0.05, 0) is 37.1 Å². The van der Waals surface area contributed by atoms with Crippen LogP contribution in [0.2, 0.25) is 5.02 Å². The van der Waals surface area contributed by atoms with E-state index in [0.29, 0.717) is 24.3 Å². The lowest BCUT2D eigenvalue weighted by molar-refractivity contribution is -0.116. The van der Waals surface area contributed by atoms with E-state index in [9.17, 15) is 23.8 Å². The molecule has 0 unspecified atom stereocenters.